The van der Waals surface area contributed by atoms with Crippen molar-refractivity contribution in [2.75, 3.05) is 23.8 Å². The first-order valence-corrected chi connectivity index (χ1v) is 8.61. The summed E-state index contributed by atoms with van der Waals surface area (Å²) in [6.07, 6.45) is 2.51. The molecule has 1 unspecified atom stereocenters. The number of carbonyl (C=O) groups excluding carboxylic acids is 1. The van der Waals surface area contributed by atoms with Gasteiger partial charge in [0, 0.05) is 22.9 Å². The summed E-state index contributed by atoms with van der Waals surface area (Å²) < 4.78 is 5.78. The summed E-state index contributed by atoms with van der Waals surface area (Å²) in [6, 6.07) is 11.4. The molecule has 0 fully saturated rings. The zero-order valence-corrected chi connectivity index (χ0v) is 15.3. The minimum atomic E-state index is -0.191. The van der Waals surface area contributed by atoms with Crippen LogP contribution in [0, 0.1) is 5.92 Å². The average Bonchev–Trinajstić information content (AvgIpc) is 2.60. The number of nitrogens with two attached hydrogens (primary N) is 1. The number of benzene rings is 2. The van der Waals surface area contributed by atoms with Crippen LogP contribution in [0.4, 0.5) is 11.4 Å². The van der Waals surface area contributed by atoms with Crippen LogP contribution in [-0.2, 0) is 17.6 Å². The first-order valence-electron chi connectivity index (χ1n) is 8.23. The van der Waals surface area contributed by atoms with Gasteiger partial charge in [0.25, 0.3) is 0 Å². The Bertz CT molecular complexity index is 810. The fraction of sp³-hybridized carbons (Fsp3) is 0.316. The van der Waals surface area contributed by atoms with E-state index in [1.807, 2.05) is 41.3 Å². The van der Waals surface area contributed by atoms with Crippen LogP contribution in [0.25, 0.3) is 0 Å². The molecule has 0 radical (unpaired) electrons. The van der Waals surface area contributed by atoms with E-state index >= 15 is 0 Å². The Labute approximate surface area is 158 Å². The molecule has 6 heteroatoms. The van der Waals surface area contributed by atoms with Crippen molar-refractivity contribution in [3.63, 3.8) is 0 Å². The first kappa shape index (κ1) is 17.9. The fourth-order valence-electron chi connectivity index (χ4n) is 3.62. The summed E-state index contributed by atoms with van der Waals surface area (Å²) >= 11 is 6.07. The van der Waals surface area contributed by atoms with Crippen molar-refractivity contribution in [1.29, 1.82) is 0 Å². The second-order valence-corrected chi connectivity index (χ2v) is 6.84. The molecule has 0 saturated carbocycles. The van der Waals surface area contributed by atoms with Gasteiger partial charge in [-0.15, -0.1) is 12.4 Å². The summed E-state index contributed by atoms with van der Waals surface area (Å²) in [5, 5.41) is 0.668. The normalized spacial score (nSPS) is 18.4. The van der Waals surface area contributed by atoms with E-state index in [2.05, 4.69) is 0 Å². The zero-order chi connectivity index (χ0) is 16.7. The molecule has 2 aliphatic heterocycles. The Morgan fingerprint density at radius 3 is 2.96 bits per heavy atom. The molecular formula is C19H20Cl2N2O2. The summed E-state index contributed by atoms with van der Waals surface area (Å²) in [5.41, 5.74) is 9.88. The highest BCUT2D eigenvalue weighted by molar-refractivity contribution is 6.30. The van der Waals surface area contributed by atoms with Crippen molar-refractivity contribution in [2.45, 2.75) is 19.3 Å². The highest BCUT2D eigenvalue weighted by Crippen LogP contribution is 2.35. The fourth-order valence-corrected chi connectivity index (χ4v) is 3.82. The molecule has 4 rings (SSSR count). The molecule has 2 aliphatic rings. The Hall–Kier alpha value is -1.91. The predicted octanol–water partition coefficient (Wildman–Crippen LogP) is 3.87. The Balaban J connectivity index is 0.00000182. The first-order chi connectivity index (χ1) is 11.6. The van der Waals surface area contributed by atoms with Gasteiger partial charge in [0.1, 0.15) is 12.4 Å². The second-order valence-electron chi connectivity index (χ2n) is 6.40. The maximum atomic E-state index is 13.1. The number of nitrogen functional groups attached to an aromatic ring is 1. The van der Waals surface area contributed by atoms with E-state index in [-0.39, 0.29) is 24.2 Å². The van der Waals surface area contributed by atoms with Crippen molar-refractivity contribution in [3.8, 4) is 5.75 Å². The number of amides is 1. The molecule has 0 saturated heterocycles. The third-order valence-corrected chi connectivity index (χ3v) is 5.07. The second kappa shape index (κ2) is 7.14. The Morgan fingerprint density at radius 2 is 2.12 bits per heavy atom. The monoisotopic (exact) mass is 378 g/mol. The molecule has 2 N–H and O–H groups in total. The number of anilines is 2. The highest BCUT2D eigenvalue weighted by atomic mass is 35.5. The molecule has 132 valence electrons. The van der Waals surface area contributed by atoms with Crippen LogP contribution in [0.1, 0.15) is 17.5 Å². The van der Waals surface area contributed by atoms with Gasteiger partial charge in [-0.2, -0.15) is 0 Å². The van der Waals surface area contributed by atoms with Crippen LogP contribution >= 0.6 is 24.0 Å². The molecule has 2 aromatic rings. The molecule has 1 atom stereocenters. The van der Waals surface area contributed by atoms with E-state index in [1.165, 1.54) is 0 Å². The number of hydrogen-bond donors (Lipinski definition) is 1. The van der Waals surface area contributed by atoms with Gasteiger partial charge in [-0.25, -0.2) is 0 Å². The lowest BCUT2D eigenvalue weighted by Crippen LogP contribution is -2.43. The van der Waals surface area contributed by atoms with E-state index in [0.717, 1.165) is 47.6 Å². The highest BCUT2D eigenvalue weighted by Gasteiger charge is 2.32. The van der Waals surface area contributed by atoms with Gasteiger partial charge in [0.15, 0.2) is 0 Å². The summed E-state index contributed by atoms with van der Waals surface area (Å²) in [6.45, 7) is 1.13. The number of rotatable bonds is 1. The van der Waals surface area contributed by atoms with Crippen molar-refractivity contribution >= 4 is 41.3 Å². The molecule has 1 amide bonds. The SMILES string of the molecule is Cl.Nc1cccc2c1CCCN2C(=O)C1COc2ccc(Cl)cc2C1. The average molecular weight is 379 g/mol. The number of nitrogens with zero attached hydrogens (tertiary/aromatic N) is 1. The molecule has 4 nitrogen and oxygen atoms in total. The van der Waals surface area contributed by atoms with Gasteiger partial charge in [-0.05, 0) is 60.7 Å². The number of halogens is 2. The summed E-state index contributed by atoms with van der Waals surface area (Å²) in [5.74, 6) is 0.738. The molecule has 25 heavy (non-hydrogen) atoms. The van der Waals surface area contributed by atoms with Gasteiger partial charge in [0.2, 0.25) is 5.91 Å². The van der Waals surface area contributed by atoms with Crippen molar-refractivity contribution in [3.05, 3.63) is 52.5 Å². The number of ether oxygens (including phenoxy) is 1. The third kappa shape index (κ3) is 3.29. The van der Waals surface area contributed by atoms with Crippen molar-refractivity contribution in [1.82, 2.24) is 0 Å². The number of carbonyl (C=O) groups is 1. The van der Waals surface area contributed by atoms with E-state index in [9.17, 15) is 4.79 Å². The van der Waals surface area contributed by atoms with Crippen LogP contribution in [0.15, 0.2) is 36.4 Å². The molecule has 2 heterocycles. The minimum Gasteiger partial charge on any atom is -0.492 e. The number of hydrogen-bond acceptors (Lipinski definition) is 3. The third-order valence-electron chi connectivity index (χ3n) is 4.83. The summed E-state index contributed by atoms with van der Waals surface area (Å²) in [7, 11) is 0. The maximum Gasteiger partial charge on any atom is 0.233 e. The standard InChI is InChI=1S/C19H19ClN2O2.ClH/c20-14-6-7-18-12(10-14)9-13(11-24-18)19(23)22-8-2-3-15-16(21)4-1-5-17(15)22;/h1,4-7,10,13H,2-3,8-9,11,21H2;1H. The lowest BCUT2D eigenvalue weighted by atomic mass is 9.93. The van der Waals surface area contributed by atoms with Gasteiger partial charge in [-0.3, -0.25) is 4.79 Å². The minimum absolute atomic E-state index is 0. The van der Waals surface area contributed by atoms with E-state index in [4.69, 9.17) is 22.1 Å². The van der Waals surface area contributed by atoms with Crippen LogP contribution in [0.3, 0.4) is 0 Å². The zero-order valence-electron chi connectivity index (χ0n) is 13.7. The van der Waals surface area contributed by atoms with Crippen LogP contribution in [0.2, 0.25) is 5.02 Å². The summed E-state index contributed by atoms with van der Waals surface area (Å²) in [4.78, 5) is 15.0. The van der Waals surface area contributed by atoms with Gasteiger partial charge >= 0.3 is 0 Å². The Morgan fingerprint density at radius 1 is 1.28 bits per heavy atom. The van der Waals surface area contributed by atoms with Crippen LogP contribution in [0.5, 0.6) is 5.75 Å². The molecular weight excluding hydrogens is 359 g/mol. The topological polar surface area (TPSA) is 55.6 Å². The van der Waals surface area contributed by atoms with Crippen molar-refractivity contribution in [2.24, 2.45) is 5.92 Å². The molecule has 0 aliphatic carbocycles. The molecule has 0 bridgehead atoms. The number of fused-ring (bicyclic) bond motifs is 2. The molecule has 0 spiro atoms. The quantitative estimate of drug-likeness (QED) is 0.766. The van der Waals surface area contributed by atoms with E-state index in [0.29, 0.717) is 18.1 Å². The predicted molar refractivity (Wildman–Crippen MR) is 103 cm³/mol. The smallest absolute Gasteiger partial charge is 0.233 e. The lowest BCUT2D eigenvalue weighted by molar-refractivity contribution is -0.123. The molecule has 0 aromatic heterocycles. The van der Waals surface area contributed by atoms with Gasteiger partial charge in [0.05, 0.1) is 5.92 Å². The van der Waals surface area contributed by atoms with Crippen LogP contribution < -0.4 is 15.4 Å². The van der Waals surface area contributed by atoms with Crippen molar-refractivity contribution < 1.29 is 9.53 Å². The maximum absolute atomic E-state index is 13.1. The van der Waals surface area contributed by atoms with Gasteiger partial charge < -0.3 is 15.4 Å². The van der Waals surface area contributed by atoms with E-state index in [1.54, 1.807) is 0 Å². The van der Waals surface area contributed by atoms with Gasteiger partial charge in [-0.1, -0.05) is 17.7 Å². The Kier molecular flexibility index (Phi) is 5.11. The lowest BCUT2D eigenvalue weighted by Gasteiger charge is -2.34. The molecule has 2 aromatic carbocycles. The van der Waals surface area contributed by atoms with E-state index < -0.39 is 0 Å². The largest absolute Gasteiger partial charge is 0.492 e. The van der Waals surface area contributed by atoms with Crippen LogP contribution in [-0.4, -0.2) is 19.1 Å².